The number of hydrogen-bond acceptors (Lipinski definition) is 4. The second-order valence-electron chi connectivity index (χ2n) is 7.24. The van der Waals surface area contributed by atoms with Crippen molar-refractivity contribution in [1.82, 2.24) is 10.2 Å². The Kier molecular flexibility index (Phi) is 5.46. The number of carbonyl (C=O) groups excluding carboxylic acids is 2. The number of amides is 2. The number of aryl methyl sites for hydroxylation is 1. The molecular formula is C21H26N4O2. The van der Waals surface area contributed by atoms with E-state index in [1.165, 1.54) is 5.56 Å². The lowest BCUT2D eigenvalue weighted by Gasteiger charge is -2.28. The van der Waals surface area contributed by atoms with Crippen molar-refractivity contribution in [3.63, 3.8) is 0 Å². The number of likely N-dealkylation sites (N-methyl/N-ethyl adjacent to an activating group) is 2. The first-order valence-corrected chi connectivity index (χ1v) is 9.01. The highest BCUT2D eigenvalue weighted by atomic mass is 16.2. The maximum atomic E-state index is 12.7. The summed E-state index contributed by atoms with van der Waals surface area (Å²) in [5, 5.41) is 5.85. The van der Waals surface area contributed by atoms with Crippen LogP contribution in [0.5, 0.6) is 0 Å². The van der Waals surface area contributed by atoms with Gasteiger partial charge in [0.15, 0.2) is 0 Å². The molecule has 1 atom stereocenters. The van der Waals surface area contributed by atoms with E-state index in [-0.39, 0.29) is 17.9 Å². The molecule has 0 radical (unpaired) electrons. The lowest BCUT2D eigenvalue weighted by atomic mass is 10.0. The first-order chi connectivity index (χ1) is 12.8. The highest BCUT2D eigenvalue weighted by molar-refractivity contribution is 6.03. The molecule has 6 nitrogen and oxygen atoms in total. The molecule has 0 aromatic heterocycles. The Hall–Kier alpha value is -2.86. The molecule has 6 heteroatoms. The van der Waals surface area contributed by atoms with Crippen molar-refractivity contribution in [2.45, 2.75) is 13.0 Å². The molecule has 2 N–H and O–H groups in total. The number of rotatable bonds is 5. The van der Waals surface area contributed by atoms with Gasteiger partial charge in [0.1, 0.15) is 0 Å². The predicted octanol–water partition coefficient (Wildman–Crippen LogP) is 2.42. The van der Waals surface area contributed by atoms with Gasteiger partial charge >= 0.3 is 0 Å². The van der Waals surface area contributed by atoms with E-state index < -0.39 is 0 Å². The van der Waals surface area contributed by atoms with Gasteiger partial charge in [-0.25, -0.2) is 0 Å². The fourth-order valence-electron chi connectivity index (χ4n) is 3.28. The zero-order valence-corrected chi connectivity index (χ0v) is 16.2. The van der Waals surface area contributed by atoms with E-state index in [0.29, 0.717) is 24.3 Å². The third-order valence-electron chi connectivity index (χ3n) is 4.87. The highest BCUT2D eigenvalue weighted by Gasteiger charge is 2.21. The van der Waals surface area contributed by atoms with Crippen LogP contribution in [0.2, 0.25) is 0 Å². The third kappa shape index (κ3) is 4.28. The summed E-state index contributed by atoms with van der Waals surface area (Å²) < 4.78 is 0. The number of carbonyl (C=O) groups is 2. The Bertz CT molecular complexity index is 846. The van der Waals surface area contributed by atoms with E-state index in [0.717, 1.165) is 11.3 Å². The second-order valence-corrected chi connectivity index (χ2v) is 7.24. The maximum Gasteiger partial charge on any atom is 0.251 e. The van der Waals surface area contributed by atoms with Crippen LogP contribution in [0.1, 0.15) is 27.5 Å². The van der Waals surface area contributed by atoms with Crippen LogP contribution >= 0.6 is 0 Å². The molecule has 2 amide bonds. The minimum absolute atomic E-state index is 0.0744. The van der Waals surface area contributed by atoms with Gasteiger partial charge in [-0.2, -0.15) is 0 Å². The molecule has 1 aliphatic heterocycles. The summed E-state index contributed by atoms with van der Waals surface area (Å²) >= 11 is 0. The van der Waals surface area contributed by atoms with Crippen LogP contribution in [-0.4, -0.2) is 50.9 Å². The minimum Gasteiger partial charge on any atom is -0.364 e. The molecule has 0 fully saturated rings. The minimum atomic E-state index is -0.153. The van der Waals surface area contributed by atoms with Crippen molar-refractivity contribution < 1.29 is 9.59 Å². The van der Waals surface area contributed by atoms with Gasteiger partial charge in [0, 0.05) is 19.2 Å². The monoisotopic (exact) mass is 366 g/mol. The third-order valence-corrected chi connectivity index (χ3v) is 4.87. The zero-order chi connectivity index (χ0) is 19.6. The average molecular weight is 366 g/mol. The van der Waals surface area contributed by atoms with Crippen LogP contribution < -0.4 is 15.5 Å². The van der Waals surface area contributed by atoms with Gasteiger partial charge in [-0.3, -0.25) is 9.59 Å². The number of fused-ring (bicyclic) bond motifs is 1. The SMILES string of the molecule is Cc1ccc([C@@H](CNC(=O)c2ccc3c(c2)NC(=O)CN3C)N(C)C)cc1. The van der Waals surface area contributed by atoms with Gasteiger partial charge in [0.05, 0.1) is 24.0 Å². The molecule has 0 saturated heterocycles. The molecule has 1 heterocycles. The van der Waals surface area contributed by atoms with Gasteiger partial charge in [-0.05, 0) is 44.8 Å². The van der Waals surface area contributed by atoms with Gasteiger partial charge in [-0.1, -0.05) is 29.8 Å². The van der Waals surface area contributed by atoms with Gasteiger partial charge in [0.25, 0.3) is 5.91 Å². The fourth-order valence-corrected chi connectivity index (χ4v) is 3.28. The standard InChI is InChI=1S/C21H26N4O2/c1-14-5-7-15(8-6-14)19(24(2)3)12-22-21(27)16-9-10-18-17(11-16)23-20(26)13-25(18)4/h5-11,19H,12-13H2,1-4H3,(H,22,27)(H,23,26)/t19-/m1/s1. The lowest BCUT2D eigenvalue weighted by molar-refractivity contribution is -0.115. The second kappa shape index (κ2) is 7.80. The van der Waals surface area contributed by atoms with Gasteiger partial charge in [-0.15, -0.1) is 0 Å². The molecular weight excluding hydrogens is 340 g/mol. The fraction of sp³-hybridized carbons (Fsp3) is 0.333. The summed E-state index contributed by atoms with van der Waals surface area (Å²) in [5.41, 5.74) is 4.48. The molecule has 3 rings (SSSR count). The van der Waals surface area contributed by atoms with Crippen molar-refractivity contribution in [3.05, 3.63) is 59.2 Å². The summed E-state index contributed by atoms with van der Waals surface area (Å²) in [4.78, 5) is 28.3. The summed E-state index contributed by atoms with van der Waals surface area (Å²) in [6, 6.07) is 13.8. The van der Waals surface area contributed by atoms with Crippen LogP contribution in [0, 0.1) is 6.92 Å². The Balaban J connectivity index is 1.72. The molecule has 2 aromatic rings. The molecule has 1 aliphatic rings. The average Bonchev–Trinajstić information content (AvgIpc) is 2.62. The number of hydrogen-bond donors (Lipinski definition) is 2. The molecule has 0 aliphatic carbocycles. The smallest absolute Gasteiger partial charge is 0.251 e. The quantitative estimate of drug-likeness (QED) is 0.853. The summed E-state index contributed by atoms with van der Waals surface area (Å²) in [6.07, 6.45) is 0. The number of benzene rings is 2. The Labute approximate surface area is 160 Å². The molecule has 0 saturated carbocycles. The normalized spacial score (nSPS) is 14.6. The topological polar surface area (TPSA) is 64.7 Å². The van der Waals surface area contributed by atoms with E-state index in [9.17, 15) is 9.59 Å². The number of nitrogens with one attached hydrogen (secondary N) is 2. The summed E-state index contributed by atoms with van der Waals surface area (Å²) in [6.45, 7) is 2.88. The molecule has 0 spiro atoms. The van der Waals surface area contributed by atoms with Crippen LogP contribution in [0.25, 0.3) is 0 Å². The predicted molar refractivity (Wildman–Crippen MR) is 108 cm³/mol. The van der Waals surface area contributed by atoms with Crippen molar-refractivity contribution in [2.24, 2.45) is 0 Å². The Morgan fingerprint density at radius 3 is 2.59 bits per heavy atom. The Morgan fingerprint density at radius 1 is 1.22 bits per heavy atom. The largest absolute Gasteiger partial charge is 0.364 e. The van der Waals surface area contributed by atoms with Crippen LogP contribution in [0.15, 0.2) is 42.5 Å². The van der Waals surface area contributed by atoms with Crippen molar-refractivity contribution in [3.8, 4) is 0 Å². The summed E-state index contributed by atoms with van der Waals surface area (Å²) in [5.74, 6) is -0.228. The van der Waals surface area contributed by atoms with Crippen LogP contribution in [0.3, 0.4) is 0 Å². The number of anilines is 2. The Morgan fingerprint density at radius 2 is 1.93 bits per heavy atom. The van der Waals surface area contributed by atoms with Crippen molar-refractivity contribution >= 4 is 23.2 Å². The van der Waals surface area contributed by atoms with Crippen molar-refractivity contribution in [2.75, 3.05) is 44.4 Å². The van der Waals surface area contributed by atoms with E-state index in [2.05, 4.69) is 46.7 Å². The van der Waals surface area contributed by atoms with Crippen LogP contribution in [-0.2, 0) is 4.79 Å². The highest BCUT2D eigenvalue weighted by Crippen LogP contribution is 2.29. The summed E-state index contributed by atoms with van der Waals surface area (Å²) in [7, 11) is 5.86. The van der Waals surface area contributed by atoms with Crippen molar-refractivity contribution in [1.29, 1.82) is 0 Å². The lowest BCUT2D eigenvalue weighted by Crippen LogP contribution is -2.36. The molecule has 0 unspecified atom stereocenters. The number of nitrogens with zero attached hydrogens (tertiary/aromatic N) is 2. The molecule has 27 heavy (non-hydrogen) atoms. The molecule has 0 bridgehead atoms. The van der Waals surface area contributed by atoms with E-state index in [4.69, 9.17) is 0 Å². The molecule has 2 aromatic carbocycles. The zero-order valence-electron chi connectivity index (χ0n) is 16.2. The van der Waals surface area contributed by atoms with Gasteiger partial charge < -0.3 is 20.4 Å². The first-order valence-electron chi connectivity index (χ1n) is 9.01. The van der Waals surface area contributed by atoms with E-state index in [1.54, 1.807) is 12.1 Å². The van der Waals surface area contributed by atoms with Crippen LogP contribution in [0.4, 0.5) is 11.4 Å². The first kappa shape index (κ1) is 18.9. The van der Waals surface area contributed by atoms with E-state index >= 15 is 0 Å². The van der Waals surface area contributed by atoms with Gasteiger partial charge in [0.2, 0.25) is 5.91 Å². The van der Waals surface area contributed by atoms with E-state index in [1.807, 2.05) is 32.1 Å². The molecule has 142 valence electrons. The maximum absolute atomic E-state index is 12.7.